The van der Waals surface area contributed by atoms with E-state index in [-0.39, 0.29) is 11.9 Å². The molecule has 9 nitrogen and oxygen atoms in total. The number of methoxy groups -OCH3 is 1. The number of rotatable bonds is 7. The molecule has 2 saturated carbocycles. The minimum atomic E-state index is -0.0360. The van der Waals surface area contributed by atoms with Gasteiger partial charge in [0.15, 0.2) is 5.82 Å². The van der Waals surface area contributed by atoms with Crippen molar-refractivity contribution in [2.24, 2.45) is 18.7 Å². The number of hydrogen-bond donors (Lipinski definition) is 3. The van der Waals surface area contributed by atoms with Gasteiger partial charge in [-0.05, 0) is 62.7 Å². The quantitative estimate of drug-likeness (QED) is 0.551. The molecule has 0 unspecified atom stereocenters. The molecule has 1 saturated heterocycles. The van der Waals surface area contributed by atoms with Crippen molar-refractivity contribution >= 4 is 28.5 Å². The molecule has 1 aromatic carbocycles. The topological polar surface area (TPSA) is 112 Å². The lowest BCUT2D eigenvalue weighted by atomic mass is 10.0. The fourth-order valence-electron chi connectivity index (χ4n) is 5.27. The molecule has 3 fully saturated rings. The normalized spacial score (nSPS) is 23.5. The molecular formula is C27H35N7O2. The van der Waals surface area contributed by atoms with E-state index in [1.54, 1.807) is 7.11 Å². The maximum Gasteiger partial charge on any atom is 0.254 e. The smallest absolute Gasteiger partial charge is 0.254 e. The summed E-state index contributed by atoms with van der Waals surface area (Å²) in [5.41, 5.74) is 10.0. The Morgan fingerprint density at radius 2 is 2.08 bits per heavy atom. The molecule has 0 spiro atoms. The highest BCUT2D eigenvalue weighted by molar-refractivity contribution is 6.09. The van der Waals surface area contributed by atoms with Gasteiger partial charge in [0.25, 0.3) is 5.91 Å². The van der Waals surface area contributed by atoms with Crippen molar-refractivity contribution < 1.29 is 9.53 Å². The van der Waals surface area contributed by atoms with Gasteiger partial charge in [0.05, 0.1) is 18.3 Å². The number of aryl methyl sites for hydroxylation is 1. The molecule has 4 N–H and O–H groups in total. The summed E-state index contributed by atoms with van der Waals surface area (Å²) in [6.07, 6.45) is 10.7. The van der Waals surface area contributed by atoms with Gasteiger partial charge in [0.2, 0.25) is 0 Å². The molecule has 190 valence electrons. The number of carbonyl (C=O) groups is 1. The summed E-state index contributed by atoms with van der Waals surface area (Å²) >= 11 is 0. The first kappa shape index (κ1) is 23.1. The molecule has 1 amide bonds. The Balaban J connectivity index is 1.39. The van der Waals surface area contributed by atoms with Gasteiger partial charge in [0.1, 0.15) is 17.1 Å². The number of nitrogens with two attached hydrogens (primary N) is 1. The number of piperidine rings is 1. The van der Waals surface area contributed by atoms with Crippen LogP contribution in [-0.2, 0) is 7.05 Å². The van der Waals surface area contributed by atoms with Gasteiger partial charge in [-0.1, -0.05) is 0 Å². The number of hydrogen-bond acceptors (Lipinski definition) is 6. The molecule has 1 aromatic heterocycles. The van der Waals surface area contributed by atoms with Crippen LogP contribution in [-0.4, -0.2) is 69.9 Å². The van der Waals surface area contributed by atoms with Gasteiger partial charge < -0.3 is 30.2 Å². The summed E-state index contributed by atoms with van der Waals surface area (Å²) in [7, 11) is 3.60. The molecule has 2 aliphatic carbocycles. The number of aromatic nitrogens is 2. The molecule has 36 heavy (non-hydrogen) atoms. The maximum atomic E-state index is 13.3. The Kier molecular flexibility index (Phi) is 5.75. The Morgan fingerprint density at radius 1 is 1.28 bits per heavy atom. The van der Waals surface area contributed by atoms with E-state index in [9.17, 15) is 4.79 Å². The molecule has 0 radical (unpaired) electrons. The maximum absolute atomic E-state index is 13.3. The van der Waals surface area contributed by atoms with Crippen LogP contribution < -0.4 is 15.8 Å². The Labute approximate surface area is 211 Å². The number of nitrogens with zero attached hydrogens (tertiary/aromatic N) is 4. The van der Waals surface area contributed by atoms with Crippen LogP contribution >= 0.6 is 0 Å². The van der Waals surface area contributed by atoms with E-state index in [2.05, 4.69) is 16.3 Å². The average Bonchev–Trinajstić information content (AvgIpc) is 3.80. The van der Waals surface area contributed by atoms with E-state index < -0.39 is 0 Å². The van der Waals surface area contributed by atoms with Crippen LogP contribution in [0.15, 0.2) is 30.0 Å². The van der Waals surface area contributed by atoms with Crippen molar-refractivity contribution in [2.75, 3.05) is 26.7 Å². The molecule has 6 rings (SSSR count). The predicted molar refractivity (Wildman–Crippen MR) is 140 cm³/mol. The first-order valence-electron chi connectivity index (χ1n) is 13.1. The number of likely N-dealkylation sites (tertiary alicyclic amines) is 1. The lowest BCUT2D eigenvalue weighted by Gasteiger charge is -2.30. The highest BCUT2D eigenvalue weighted by atomic mass is 16.5. The molecule has 2 aliphatic heterocycles. The molecule has 1 atom stereocenters. The highest BCUT2D eigenvalue weighted by Crippen LogP contribution is 2.38. The summed E-state index contributed by atoms with van der Waals surface area (Å²) in [5.74, 6) is 2.49. The van der Waals surface area contributed by atoms with Gasteiger partial charge in [0, 0.05) is 56.1 Å². The van der Waals surface area contributed by atoms with Crippen molar-refractivity contribution in [1.82, 2.24) is 24.7 Å². The van der Waals surface area contributed by atoms with Crippen LogP contribution in [0.5, 0.6) is 5.75 Å². The summed E-state index contributed by atoms with van der Waals surface area (Å²) < 4.78 is 7.77. The van der Waals surface area contributed by atoms with Crippen LogP contribution in [0.2, 0.25) is 0 Å². The van der Waals surface area contributed by atoms with Gasteiger partial charge in [-0.2, -0.15) is 0 Å². The zero-order valence-electron chi connectivity index (χ0n) is 21.1. The number of nitrogens with one attached hydrogen (secondary N) is 2. The molecule has 3 heterocycles. The third-order valence-corrected chi connectivity index (χ3v) is 7.69. The number of imidazole rings is 1. The SMILES string of the molecule is COc1cc(C(=O)N2CCC[C@@H](N)C2)cc2nc(C3=C/C(=C/NC4CC4)C(=N)N3CC3CC3)n(C)c12. The van der Waals surface area contributed by atoms with E-state index in [4.69, 9.17) is 20.9 Å². The molecule has 0 bridgehead atoms. The first-order chi connectivity index (χ1) is 17.4. The van der Waals surface area contributed by atoms with Crippen LogP contribution in [0, 0.1) is 11.3 Å². The summed E-state index contributed by atoms with van der Waals surface area (Å²) in [6, 6.07) is 4.23. The number of amides is 1. The standard InChI is InChI=1S/C27H35N7O2/c1-32-24-21(10-17(12-23(24)36-2)27(35)33-9-3-4-19(28)15-33)31-26(32)22-11-18(13-30-20-7-8-20)25(29)34(22)14-16-5-6-16/h10-13,16,19-20,29-30H,3-9,14-15,28H2,1-2H3/b18-13-,29-25?/t19-/m1/s1. The predicted octanol–water partition coefficient (Wildman–Crippen LogP) is 2.82. The lowest BCUT2D eigenvalue weighted by molar-refractivity contribution is 0.0708. The van der Waals surface area contributed by atoms with Gasteiger partial charge in [-0.3, -0.25) is 10.2 Å². The Hall–Kier alpha value is -3.33. The van der Waals surface area contributed by atoms with Gasteiger partial charge in [-0.25, -0.2) is 4.98 Å². The third kappa shape index (κ3) is 4.25. The van der Waals surface area contributed by atoms with Crippen LogP contribution in [0.3, 0.4) is 0 Å². The van der Waals surface area contributed by atoms with E-state index >= 15 is 0 Å². The second-order valence-electron chi connectivity index (χ2n) is 10.7. The number of ether oxygens (including phenoxy) is 1. The zero-order valence-corrected chi connectivity index (χ0v) is 21.1. The number of carbonyl (C=O) groups excluding carboxylic acids is 1. The molecule has 9 heteroatoms. The van der Waals surface area contributed by atoms with Crippen LogP contribution in [0.25, 0.3) is 16.7 Å². The number of amidine groups is 1. The van der Waals surface area contributed by atoms with Gasteiger partial charge >= 0.3 is 0 Å². The lowest BCUT2D eigenvalue weighted by Crippen LogP contribution is -2.45. The highest BCUT2D eigenvalue weighted by Gasteiger charge is 2.35. The number of benzene rings is 1. The minimum absolute atomic E-state index is 0.0218. The summed E-state index contributed by atoms with van der Waals surface area (Å²) in [6.45, 7) is 2.11. The van der Waals surface area contributed by atoms with Crippen LogP contribution in [0.4, 0.5) is 0 Å². The first-order valence-corrected chi connectivity index (χ1v) is 13.1. The van der Waals surface area contributed by atoms with E-state index in [0.29, 0.717) is 41.2 Å². The second-order valence-corrected chi connectivity index (χ2v) is 10.7. The fourth-order valence-corrected chi connectivity index (χ4v) is 5.27. The molecule has 2 aromatic rings. The van der Waals surface area contributed by atoms with Crippen molar-refractivity contribution in [3.05, 3.63) is 41.4 Å². The van der Waals surface area contributed by atoms with E-state index in [1.165, 1.54) is 25.7 Å². The van der Waals surface area contributed by atoms with Crippen molar-refractivity contribution in [1.29, 1.82) is 5.41 Å². The molecular weight excluding hydrogens is 454 g/mol. The summed E-state index contributed by atoms with van der Waals surface area (Å²) in [4.78, 5) is 22.2. The minimum Gasteiger partial charge on any atom is -0.494 e. The average molecular weight is 490 g/mol. The van der Waals surface area contributed by atoms with Crippen molar-refractivity contribution in [3.8, 4) is 5.75 Å². The Morgan fingerprint density at radius 3 is 2.78 bits per heavy atom. The van der Waals surface area contributed by atoms with Gasteiger partial charge in [-0.15, -0.1) is 0 Å². The van der Waals surface area contributed by atoms with Crippen molar-refractivity contribution in [3.63, 3.8) is 0 Å². The van der Waals surface area contributed by atoms with Crippen molar-refractivity contribution in [2.45, 2.75) is 50.6 Å². The van der Waals surface area contributed by atoms with E-state index in [0.717, 1.165) is 48.5 Å². The summed E-state index contributed by atoms with van der Waals surface area (Å²) in [5, 5.41) is 12.3. The van der Waals surface area contributed by atoms with Crippen LogP contribution in [0.1, 0.15) is 54.7 Å². The molecule has 4 aliphatic rings. The third-order valence-electron chi connectivity index (χ3n) is 7.69. The second kappa shape index (κ2) is 8.96. The number of fused-ring (bicyclic) bond motifs is 1. The zero-order chi connectivity index (χ0) is 25.0. The monoisotopic (exact) mass is 489 g/mol. The largest absolute Gasteiger partial charge is 0.494 e. The Bertz CT molecular complexity index is 1280. The fraction of sp³-hybridized carbons (Fsp3) is 0.519. The van der Waals surface area contributed by atoms with E-state index in [1.807, 2.05) is 34.8 Å².